The summed E-state index contributed by atoms with van der Waals surface area (Å²) in [6, 6.07) is 6.94. The van der Waals surface area contributed by atoms with E-state index in [0.717, 1.165) is 19.3 Å². The van der Waals surface area contributed by atoms with Crippen molar-refractivity contribution in [1.29, 1.82) is 0 Å². The van der Waals surface area contributed by atoms with Gasteiger partial charge in [-0.05, 0) is 41.5 Å². The molecular weight excluding hydrogens is 795 g/mol. The average molecular weight is 861 g/mol. The van der Waals surface area contributed by atoms with Crippen molar-refractivity contribution in [2.75, 3.05) is 170 Å². The summed E-state index contributed by atoms with van der Waals surface area (Å²) >= 11 is 2.42. The zero-order valence-corrected chi connectivity index (χ0v) is 33.4. The Morgan fingerprint density at radius 2 is 0.615 bits per heavy atom. The van der Waals surface area contributed by atoms with Crippen LogP contribution in [0.2, 0.25) is 0 Å². The highest BCUT2D eigenvalue weighted by molar-refractivity contribution is 14.1. The Balaban J connectivity index is 1.62. The lowest BCUT2D eigenvalue weighted by Gasteiger charge is -2.09. The van der Waals surface area contributed by atoms with Crippen LogP contribution in [-0.2, 0) is 56.8 Å². The minimum Gasteiger partial charge on any atom is -0.491 e. The summed E-state index contributed by atoms with van der Waals surface area (Å²) in [6.45, 7) is 13.1. The number of hydrogen-bond acceptors (Lipinski definition) is 14. The molecule has 0 aliphatic heterocycles. The van der Waals surface area contributed by atoms with Gasteiger partial charge in [0.25, 0.3) is 0 Å². The van der Waals surface area contributed by atoms with Crippen LogP contribution in [0.25, 0.3) is 0 Å². The third-order valence-corrected chi connectivity index (χ3v) is 7.54. The van der Waals surface area contributed by atoms with Crippen LogP contribution < -0.4 is 4.74 Å². The van der Waals surface area contributed by atoms with Crippen LogP contribution in [0.15, 0.2) is 24.3 Å². The quantitative estimate of drug-likeness (QED) is 0.0404. The third-order valence-electron chi connectivity index (χ3n) is 6.78. The molecule has 0 saturated carbocycles. The van der Waals surface area contributed by atoms with Crippen molar-refractivity contribution in [3.05, 3.63) is 29.8 Å². The third kappa shape index (κ3) is 37.3. The van der Waals surface area contributed by atoms with Gasteiger partial charge in [-0.2, -0.15) is 0 Å². The van der Waals surface area contributed by atoms with Gasteiger partial charge in [-0.1, -0.05) is 35.4 Å². The van der Waals surface area contributed by atoms with E-state index < -0.39 is 0 Å². The fourth-order valence-electron chi connectivity index (χ4n) is 4.03. The van der Waals surface area contributed by atoms with Crippen LogP contribution in [0.5, 0.6) is 5.75 Å². The molecule has 0 fully saturated rings. The Kier molecular flexibility index (Phi) is 40.2. The summed E-state index contributed by atoms with van der Waals surface area (Å²) in [5, 5.41) is 0. The first kappa shape index (κ1) is 49.0. The zero-order chi connectivity index (χ0) is 37.1. The Labute approximate surface area is 325 Å². The molecule has 0 aromatic heterocycles. The minimum atomic E-state index is 0.430. The Morgan fingerprint density at radius 3 is 0.904 bits per heavy atom. The van der Waals surface area contributed by atoms with Crippen LogP contribution in [0.4, 0.5) is 0 Å². The lowest BCUT2D eigenvalue weighted by Crippen LogP contribution is -2.15. The van der Waals surface area contributed by atoms with Crippen molar-refractivity contribution < 1.29 is 66.4 Å². The van der Waals surface area contributed by atoms with Gasteiger partial charge < -0.3 is 61.6 Å². The highest BCUT2D eigenvalue weighted by atomic mass is 127. The highest BCUT2D eigenvalue weighted by Crippen LogP contribution is 2.10. The summed E-state index contributed by atoms with van der Waals surface area (Å²) < 4.78 is 72.7. The molecule has 1 aromatic carbocycles. The first-order valence-electron chi connectivity index (χ1n) is 18.5. The SMILES string of the molecule is O=Cc1ccc(OCCOCCOCCOCCOCCOCCOCCOCCOCCOCCOCCOCCOCCCCCCI)cc1. The van der Waals surface area contributed by atoms with Crippen molar-refractivity contribution in [1.82, 2.24) is 0 Å². The molecule has 0 N–H and O–H groups in total. The number of ether oxygens (including phenoxy) is 13. The van der Waals surface area contributed by atoms with E-state index in [1.54, 1.807) is 24.3 Å². The number of carbonyl (C=O) groups is 1. The van der Waals surface area contributed by atoms with Crippen LogP contribution in [-0.4, -0.2) is 176 Å². The first-order chi connectivity index (χ1) is 25.9. The summed E-state index contributed by atoms with van der Waals surface area (Å²) in [6.07, 6.45) is 5.76. The van der Waals surface area contributed by atoms with Gasteiger partial charge in [-0.25, -0.2) is 0 Å². The van der Waals surface area contributed by atoms with Crippen LogP contribution >= 0.6 is 22.6 Å². The topological polar surface area (TPSA) is 137 Å². The summed E-state index contributed by atoms with van der Waals surface area (Å²) in [4.78, 5) is 10.6. The van der Waals surface area contributed by atoms with E-state index in [9.17, 15) is 4.79 Å². The molecule has 0 aliphatic carbocycles. The van der Waals surface area contributed by atoms with E-state index >= 15 is 0 Å². The van der Waals surface area contributed by atoms with E-state index in [-0.39, 0.29) is 0 Å². The van der Waals surface area contributed by atoms with Gasteiger partial charge in [0.15, 0.2) is 0 Å². The van der Waals surface area contributed by atoms with Gasteiger partial charge in [-0.3, -0.25) is 4.79 Å². The van der Waals surface area contributed by atoms with Crippen molar-refractivity contribution in [3.8, 4) is 5.75 Å². The smallest absolute Gasteiger partial charge is 0.150 e. The van der Waals surface area contributed by atoms with Gasteiger partial charge >= 0.3 is 0 Å². The zero-order valence-electron chi connectivity index (χ0n) is 31.2. The molecule has 0 bridgehead atoms. The monoisotopic (exact) mass is 860 g/mol. The molecule has 0 radical (unpaired) electrons. The molecule has 1 rings (SSSR count). The van der Waals surface area contributed by atoms with Gasteiger partial charge in [0.2, 0.25) is 0 Å². The summed E-state index contributed by atoms with van der Waals surface area (Å²) in [7, 11) is 0. The number of unbranched alkanes of at least 4 members (excludes halogenated alkanes) is 3. The fourth-order valence-corrected chi connectivity index (χ4v) is 4.57. The molecule has 15 heteroatoms. The first-order valence-corrected chi connectivity index (χ1v) is 20.1. The Morgan fingerprint density at radius 1 is 0.346 bits per heavy atom. The maximum atomic E-state index is 10.6. The largest absolute Gasteiger partial charge is 0.491 e. The maximum absolute atomic E-state index is 10.6. The Hall–Kier alpha value is -1.06. The van der Waals surface area contributed by atoms with Gasteiger partial charge in [0.05, 0.1) is 152 Å². The number of alkyl halides is 1. The molecule has 0 saturated heterocycles. The van der Waals surface area contributed by atoms with E-state index in [0.29, 0.717) is 170 Å². The van der Waals surface area contributed by atoms with Crippen LogP contribution in [0.1, 0.15) is 36.0 Å². The van der Waals surface area contributed by atoms with Crippen molar-refractivity contribution in [2.45, 2.75) is 25.7 Å². The highest BCUT2D eigenvalue weighted by Gasteiger charge is 1.98. The van der Waals surface area contributed by atoms with Crippen molar-refractivity contribution >= 4 is 28.9 Å². The average Bonchev–Trinajstić information content (AvgIpc) is 3.17. The van der Waals surface area contributed by atoms with E-state index in [2.05, 4.69) is 22.6 Å². The predicted molar refractivity (Wildman–Crippen MR) is 205 cm³/mol. The van der Waals surface area contributed by atoms with Gasteiger partial charge in [0, 0.05) is 12.2 Å². The standard InChI is InChI=1S/C37H65IO14/c38-9-3-1-2-4-10-40-11-12-41-13-14-42-15-16-43-17-18-44-19-20-45-21-22-46-23-24-47-25-26-48-27-28-49-29-30-50-31-32-51-33-34-52-37-7-5-36(35-39)6-8-37/h5-8,35H,1-4,9-34H2. The molecule has 0 aliphatic rings. The molecule has 304 valence electrons. The van der Waals surface area contributed by atoms with Crippen molar-refractivity contribution in [3.63, 3.8) is 0 Å². The molecule has 14 nitrogen and oxygen atoms in total. The molecule has 1 aromatic rings. The normalized spacial score (nSPS) is 11.4. The lowest BCUT2D eigenvalue weighted by atomic mass is 10.2. The molecule has 0 atom stereocenters. The number of carbonyl (C=O) groups excluding carboxylic acids is 1. The van der Waals surface area contributed by atoms with Crippen LogP contribution in [0, 0.1) is 0 Å². The molecule has 0 unspecified atom stereocenters. The van der Waals surface area contributed by atoms with Crippen molar-refractivity contribution in [2.24, 2.45) is 0 Å². The predicted octanol–water partition coefficient (Wildman–Crippen LogP) is 4.07. The van der Waals surface area contributed by atoms with Gasteiger partial charge in [-0.15, -0.1) is 0 Å². The van der Waals surface area contributed by atoms with E-state index in [1.165, 1.54) is 23.7 Å². The second-order valence-corrected chi connectivity index (χ2v) is 12.1. The molecular formula is C37H65IO14. The molecule has 0 amide bonds. The summed E-state index contributed by atoms with van der Waals surface area (Å²) in [5.74, 6) is 0.704. The summed E-state index contributed by atoms with van der Waals surface area (Å²) in [5.41, 5.74) is 0.618. The number of hydrogen-bond donors (Lipinski definition) is 0. The van der Waals surface area contributed by atoms with E-state index in [4.69, 9.17) is 61.6 Å². The van der Waals surface area contributed by atoms with Gasteiger partial charge in [0.1, 0.15) is 18.6 Å². The molecule has 0 heterocycles. The molecule has 0 spiro atoms. The van der Waals surface area contributed by atoms with Crippen LogP contribution in [0.3, 0.4) is 0 Å². The number of benzene rings is 1. The fraction of sp³-hybridized carbons (Fsp3) is 0.811. The number of aldehydes is 1. The second kappa shape index (κ2) is 42.7. The Bertz CT molecular complexity index is 839. The maximum Gasteiger partial charge on any atom is 0.150 e. The number of halogens is 1. The second-order valence-electron chi connectivity index (χ2n) is 11.0. The number of rotatable bonds is 44. The minimum absolute atomic E-state index is 0.430. The lowest BCUT2D eigenvalue weighted by molar-refractivity contribution is -0.0285. The molecule has 52 heavy (non-hydrogen) atoms. The van der Waals surface area contributed by atoms with E-state index in [1.807, 2.05) is 0 Å².